The second kappa shape index (κ2) is 6.66. The predicted molar refractivity (Wildman–Crippen MR) is 68.8 cm³/mol. The lowest BCUT2D eigenvalue weighted by Gasteiger charge is -2.33. The van der Waals surface area contributed by atoms with Crippen molar-refractivity contribution in [2.24, 2.45) is 0 Å². The topological polar surface area (TPSA) is 21.3 Å². The van der Waals surface area contributed by atoms with Crippen LogP contribution in [0, 0.1) is 0 Å². The zero-order valence-electron chi connectivity index (χ0n) is 10.6. The molecule has 0 heterocycles. The van der Waals surface area contributed by atoms with Crippen molar-refractivity contribution in [3.05, 3.63) is 35.9 Å². The summed E-state index contributed by atoms with van der Waals surface area (Å²) in [7, 11) is 2.00. The van der Waals surface area contributed by atoms with E-state index in [0.29, 0.717) is 0 Å². The van der Waals surface area contributed by atoms with Gasteiger partial charge in [-0.3, -0.25) is 0 Å². The molecule has 0 bridgehead atoms. The Morgan fingerprint density at radius 2 is 1.88 bits per heavy atom. The van der Waals surface area contributed by atoms with Gasteiger partial charge in [0.25, 0.3) is 0 Å². The first-order valence-electron chi connectivity index (χ1n) is 6.07. The summed E-state index contributed by atoms with van der Waals surface area (Å²) in [6, 6.07) is 10.6. The van der Waals surface area contributed by atoms with Gasteiger partial charge in [0.1, 0.15) is 0 Å². The van der Waals surface area contributed by atoms with Gasteiger partial charge in [0.05, 0.1) is 6.61 Å². The fourth-order valence-corrected chi connectivity index (χ4v) is 2.10. The van der Waals surface area contributed by atoms with E-state index in [1.165, 1.54) is 5.56 Å². The van der Waals surface area contributed by atoms with E-state index in [1.54, 1.807) is 0 Å². The first-order chi connectivity index (χ1) is 7.79. The molecule has 1 aromatic rings. The smallest absolute Gasteiger partial charge is 0.0574 e. The highest BCUT2D eigenvalue weighted by molar-refractivity contribution is 5.26. The van der Waals surface area contributed by atoms with Gasteiger partial charge in [-0.25, -0.2) is 0 Å². The van der Waals surface area contributed by atoms with Crippen molar-refractivity contribution in [2.75, 3.05) is 26.8 Å². The standard InChI is InChI=1S/C14H23NO/c1-4-14(11-15-3,12-16-5-2)13-9-7-6-8-10-13/h6-10,15H,4-5,11-12H2,1-3H3. The lowest BCUT2D eigenvalue weighted by atomic mass is 9.78. The number of likely N-dealkylation sites (N-methyl/N-ethyl adjacent to an activating group) is 1. The van der Waals surface area contributed by atoms with E-state index in [-0.39, 0.29) is 5.41 Å². The zero-order valence-corrected chi connectivity index (χ0v) is 10.6. The van der Waals surface area contributed by atoms with Crippen molar-refractivity contribution in [3.63, 3.8) is 0 Å². The molecule has 1 atom stereocenters. The predicted octanol–water partition coefficient (Wildman–Crippen LogP) is 2.59. The van der Waals surface area contributed by atoms with Gasteiger partial charge in [0, 0.05) is 18.6 Å². The number of hydrogen-bond acceptors (Lipinski definition) is 2. The molecule has 0 aliphatic rings. The second-order valence-corrected chi connectivity index (χ2v) is 4.17. The maximum atomic E-state index is 5.66. The Labute approximate surface area is 99.0 Å². The van der Waals surface area contributed by atoms with Crippen LogP contribution in [0.3, 0.4) is 0 Å². The third-order valence-electron chi connectivity index (χ3n) is 3.16. The van der Waals surface area contributed by atoms with Crippen molar-refractivity contribution >= 4 is 0 Å². The molecule has 0 aromatic heterocycles. The number of nitrogens with one attached hydrogen (secondary N) is 1. The van der Waals surface area contributed by atoms with Gasteiger partial charge in [-0.05, 0) is 26.0 Å². The SMILES string of the molecule is CCOCC(CC)(CNC)c1ccccc1. The minimum atomic E-state index is 0.103. The Morgan fingerprint density at radius 3 is 2.38 bits per heavy atom. The highest BCUT2D eigenvalue weighted by Crippen LogP contribution is 2.27. The minimum absolute atomic E-state index is 0.103. The van der Waals surface area contributed by atoms with E-state index < -0.39 is 0 Å². The van der Waals surface area contributed by atoms with Gasteiger partial charge in [-0.15, -0.1) is 0 Å². The van der Waals surface area contributed by atoms with Crippen molar-refractivity contribution < 1.29 is 4.74 Å². The number of benzene rings is 1. The van der Waals surface area contributed by atoms with Gasteiger partial charge < -0.3 is 10.1 Å². The van der Waals surface area contributed by atoms with Crippen LogP contribution in [-0.2, 0) is 10.2 Å². The van der Waals surface area contributed by atoms with Crippen molar-refractivity contribution in [1.82, 2.24) is 5.32 Å². The molecule has 0 saturated heterocycles. The van der Waals surface area contributed by atoms with Gasteiger partial charge in [-0.1, -0.05) is 37.3 Å². The Morgan fingerprint density at radius 1 is 1.19 bits per heavy atom. The van der Waals surface area contributed by atoms with E-state index in [0.717, 1.165) is 26.2 Å². The van der Waals surface area contributed by atoms with Crippen LogP contribution >= 0.6 is 0 Å². The summed E-state index contributed by atoms with van der Waals surface area (Å²) < 4.78 is 5.66. The molecule has 0 amide bonds. The minimum Gasteiger partial charge on any atom is -0.381 e. The van der Waals surface area contributed by atoms with Crippen LogP contribution in [-0.4, -0.2) is 26.8 Å². The summed E-state index contributed by atoms with van der Waals surface area (Å²) in [6.07, 6.45) is 1.08. The molecule has 16 heavy (non-hydrogen) atoms. The molecule has 1 N–H and O–H groups in total. The maximum Gasteiger partial charge on any atom is 0.0574 e. The highest BCUT2D eigenvalue weighted by atomic mass is 16.5. The van der Waals surface area contributed by atoms with Gasteiger partial charge in [-0.2, -0.15) is 0 Å². The molecule has 1 rings (SSSR count). The molecule has 0 fully saturated rings. The van der Waals surface area contributed by atoms with Gasteiger partial charge in [0.2, 0.25) is 0 Å². The summed E-state index contributed by atoms with van der Waals surface area (Å²) >= 11 is 0. The van der Waals surface area contributed by atoms with E-state index in [9.17, 15) is 0 Å². The third kappa shape index (κ3) is 3.06. The van der Waals surface area contributed by atoms with Crippen LogP contribution in [0.25, 0.3) is 0 Å². The molecule has 0 radical (unpaired) electrons. The van der Waals surface area contributed by atoms with Crippen LogP contribution in [0.5, 0.6) is 0 Å². The fraction of sp³-hybridized carbons (Fsp3) is 0.571. The first kappa shape index (κ1) is 13.2. The Balaban J connectivity index is 2.92. The van der Waals surface area contributed by atoms with Crippen LogP contribution in [0.2, 0.25) is 0 Å². The largest absolute Gasteiger partial charge is 0.381 e. The number of rotatable bonds is 7. The van der Waals surface area contributed by atoms with Crippen molar-refractivity contribution in [3.8, 4) is 0 Å². The van der Waals surface area contributed by atoms with E-state index in [1.807, 2.05) is 14.0 Å². The maximum absolute atomic E-state index is 5.66. The summed E-state index contributed by atoms with van der Waals surface area (Å²) in [6.45, 7) is 6.78. The molecule has 1 unspecified atom stereocenters. The lowest BCUT2D eigenvalue weighted by molar-refractivity contribution is 0.0892. The summed E-state index contributed by atoms with van der Waals surface area (Å²) in [5.41, 5.74) is 1.46. The van der Waals surface area contributed by atoms with Crippen molar-refractivity contribution in [1.29, 1.82) is 0 Å². The van der Waals surface area contributed by atoms with Crippen molar-refractivity contribution in [2.45, 2.75) is 25.7 Å². The molecule has 2 nitrogen and oxygen atoms in total. The molecule has 0 aliphatic carbocycles. The molecule has 2 heteroatoms. The Hall–Kier alpha value is -0.860. The molecule has 0 aliphatic heterocycles. The average Bonchev–Trinajstić information content (AvgIpc) is 2.36. The quantitative estimate of drug-likeness (QED) is 0.764. The molecule has 0 spiro atoms. The van der Waals surface area contributed by atoms with E-state index in [2.05, 4.69) is 42.6 Å². The Kier molecular flexibility index (Phi) is 5.50. The number of hydrogen-bond donors (Lipinski definition) is 1. The average molecular weight is 221 g/mol. The van der Waals surface area contributed by atoms with Crippen LogP contribution < -0.4 is 5.32 Å². The summed E-state index contributed by atoms with van der Waals surface area (Å²) in [5.74, 6) is 0. The molecular weight excluding hydrogens is 198 g/mol. The fourth-order valence-electron chi connectivity index (χ4n) is 2.10. The van der Waals surface area contributed by atoms with E-state index in [4.69, 9.17) is 4.74 Å². The Bertz CT molecular complexity index is 286. The van der Waals surface area contributed by atoms with Crippen LogP contribution in [0.4, 0.5) is 0 Å². The van der Waals surface area contributed by atoms with Crippen LogP contribution in [0.15, 0.2) is 30.3 Å². The molecule has 90 valence electrons. The summed E-state index contributed by atoms with van der Waals surface area (Å²) in [5, 5.41) is 3.29. The molecule has 0 saturated carbocycles. The molecule has 1 aromatic carbocycles. The zero-order chi connectivity index (χ0) is 11.9. The first-order valence-corrected chi connectivity index (χ1v) is 6.07. The van der Waals surface area contributed by atoms with Gasteiger partial charge >= 0.3 is 0 Å². The normalized spacial score (nSPS) is 14.7. The summed E-state index contributed by atoms with van der Waals surface area (Å²) in [4.78, 5) is 0. The number of ether oxygens (including phenoxy) is 1. The lowest BCUT2D eigenvalue weighted by Crippen LogP contribution is -2.40. The van der Waals surface area contributed by atoms with E-state index >= 15 is 0 Å². The third-order valence-corrected chi connectivity index (χ3v) is 3.16. The monoisotopic (exact) mass is 221 g/mol. The van der Waals surface area contributed by atoms with Crippen LogP contribution in [0.1, 0.15) is 25.8 Å². The molecular formula is C14H23NO. The second-order valence-electron chi connectivity index (χ2n) is 4.17. The van der Waals surface area contributed by atoms with Gasteiger partial charge in [0.15, 0.2) is 0 Å². The highest BCUT2D eigenvalue weighted by Gasteiger charge is 2.29.